The molecule has 0 radical (unpaired) electrons. The van der Waals surface area contributed by atoms with Crippen LogP contribution in [0, 0.1) is 11.8 Å². The number of ether oxygens (including phenoxy) is 1. The van der Waals surface area contributed by atoms with Crippen molar-refractivity contribution in [1.29, 1.82) is 0 Å². The summed E-state index contributed by atoms with van der Waals surface area (Å²) in [6, 6.07) is 5.76. The van der Waals surface area contributed by atoms with Crippen molar-refractivity contribution < 1.29 is 24.5 Å². The first-order valence-corrected chi connectivity index (χ1v) is 8.21. The molecule has 0 aliphatic heterocycles. The summed E-state index contributed by atoms with van der Waals surface area (Å²) < 4.78 is 5.28. The van der Waals surface area contributed by atoms with Crippen molar-refractivity contribution in [2.45, 2.75) is 38.5 Å². The lowest BCUT2D eigenvalue weighted by Gasteiger charge is -2.27. The van der Waals surface area contributed by atoms with Gasteiger partial charge in [0.2, 0.25) is 0 Å². The maximum absolute atomic E-state index is 11.9. The molecule has 2 rings (SSSR count). The van der Waals surface area contributed by atoms with Crippen molar-refractivity contribution in [2.24, 2.45) is 11.8 Å². The van der Waals surface area contributed by atoms with E-state index in [2.05, 4.69) is 0 Å². The molecule has 5 nitrogen and oxygen atoms in total. The number of esters is 1. The predicted molar refractivity (Wildman–Crippen MR) is 85.5 cm³/mol. The van der Waals surface area contributed by atoms with Gasteiger partial charge in [0, 0.05) is 6.61 Å². The zero-order valence-electron chi connectivity index (χ0n) is 13.2. The third-order valence-corrected chi connectivity index (χ3v) is 4.63. The van der Waals surface area contributed by atoms with Crippen LogP contribution < -0.4 is 0 Å². The van der Waals surface area contributed by atoms with Gasteiger partial charge < -0.3 is 14.9 Å². The van der Waals surface area contributed by atoms with E-state index in [9.17, 15) is 9.59 Å². The van der Waals surface area contributed by atoms with Gasteiger partial charge in [0.05, 0.1) is 17.7 Å². The highest BCUT2D eigenvalue weighted by Crippen LogP contribution is 2.32. The Hall–Kier alpha value is -1.88. The van der Waals surface area contributed by atoms with Crippen molar-refractivity contribution in [3.05, 3.63) is 35.4 Å². The van der Waals surface area contributed by atoms with Crippen LogP contribution in [0.1, 0.15) is 59.2 Å². The van der Waals surface area contributed by atoms with E-state index < -0.39 is 11.9 Å². The van der Waals surface area contributed by atoms with Crippen LogP contribution in [0.15, 0.2) is 24.3 Å². The maximum atomic E-state index is 11.9. The topological polar surface area (TPSA) is 83.8 Å². The van der Waals surface area contributed by atoms with Crippen molar-refractivity contribution in [1.82, 2.24) is 0 Å². The molecule has 126 valence electrons. The second-order valence-corrected chi connectivity index (χ2v) is 6.21. The molecule has 0 atom stereocenters. The molecule has 0 saturated heterocycles. The van der Waals surface area contributed by atoms with Crippen molar-refractivity contribution in [3.63, 3.8) is 0 Å². The van der Waals surface area contributed by atoms with E-state index in [4.69, 9.17) is 14.9 Å². The lowest BCUT2D eigenvalue weighted by Crippen LogP contribution is -2.18. The van der Waals surface area contributed by atoms with Gasteiger partial charge in [-0.25, -0.2) is 9.59 Å². The lowest BCUT2D eigenvalue weighted by molar-refractivity contribution is 0.0467. The van der Waals surface area contributed by atoms with Gasteiger partial charge in [-0.3, -0.25) is 0 Å². The Labute approximate surface area is 136 Å². The molecule has 2 N–H and O–H groups in total. The summed E-state index contributed by atoms with van der Waals surface area (Å²) in [5, 5.41) is 17.8. The van der Waals surface area contributed by atoms with Gasteiger partial charge in [0.15, 0.2) is 0 Å². The smallest absolute Gasteiger partial charge is 0.338 e. The number of rotatable bonds is 7. The first kappa shape index (κ1) is 17.5. The Balaban J connectivity index is 1.70. The second kappa shape index (κ2) is 8.67. The average Bonchev–Trinajstić information content (AvgIpc) is 2.56. The van der Waals surface area contributed by atoms with E-state index >= 15 is 0 Å². The first-order valence-electron chi connectivity index (χ1n) is 8.21. The summed E-state index contributed by atoms with van der Waals surface area (Å²) in [7, 11) is 0. The monoisotopic (exact) mass is 320 g/mol. The highest BCUT2D eigenvalue weighted by atomic mass is 16.5. The number of carboxylic acids is 1. The summed E-state index contributed by atoms with van der Waals surface area (Å²) in [4.78, 5) is 22.7. The third kappa shape index (κ3) is 5.36. The summed E-state index contributed by atoms with van der Waals surface area (Å²) in [6.45, 7) is 0.669. The van der Waals surface area contributed by atoms with E-state index in [0.717, 1.165) is 38.5 Å². The molecule has 0 unspecified atom stereocenters. The molecule has 1 aromatic carbocycles. The molecule has 0 amide bonds. The fourth-order valence-electron chi connectivity index (χ4n) is 3.14. The normalized spacial score (nSPS) is 20.9. The number of carbonyl (C=O) groups is 2. The van der Waals surface area contributed by atoms with Crippen LogP contribution in [-0.4, -0.2) is 35.4 Å². The van der Waals surface area contributed by atoms with Crippen LogP contribution in [0.25, 0.3) is 0 Å². The van der Waals surface area contributed by atoms with Gasteiger partial charge in [0.25, 0.3) is 0 Å². The Bertz CT molecular complexity index is 515. The Morgan fingerprint density at radius 3 is 2.00 bits per heavy atom. The quantitative estimate of drug-likeness (QED) is 0.754. The molecule has 1 aliphatic carbocycles. The summed E-state index contributed by atoms with van der Waals surface area (Å²) in [5.41, 5.74) is 0.530. The number of aliphatic hydroxyl groups is 1. The van der Waals surface area contributed by atoms with Crippen molar-refractivity contribution >= 4 is 11.9 Å². The van der Waals surface area contributed by atoms with Crippen LogP contribution in [0.3, 0.4) is 0 Å². The van der Waals surface area contributed by atoms with Crippen molar-refractivity contribution in [3.8, 4) is 0 Å². The Morgan fingerprint density at radius 1 is 0.957 bits per heavy atom. The molecule has 0 bridgehead atoms. The maximum Gasteiger partial charge on any atom is 0.338 e. The van der Waals surface area contributed by atoms with Crippen LogP contribution in [0.5, 0.6) is 0 Å². The molecular formula is C18H24O5. The number of hydrogen-bond acceptors (Lipinski definition) is 4. The minimum absolute atomic E-state index is 0.154. The molecule has 0 spiro atoms. The largest absolute Gasteiger partial charge is 0.478 e. The number of aliphatic hydroxyl groups excluding tert-OH is 1. The SMILES string of the molecule is O=C(O)c1ccc(C(=O)OCCC2CCC(CCO)CC2)cc1. The molecule has 0 heterocycles. The molecule has 1 fully saturated rings. The average molecular weight is 320 g/mol. The zero-order valence-corrected chi connectivity index (χ0v) is 13.2. The molecule has 1 aliphatic rings. The second-order valence-electron chi connectivity index (χ2n) is 6.21. The van der Waals surface area contributed by atoms with E-state index in [-0.39, 0.29) is 12.2 Å². The standard InChI is InChI=1S/C18H24O5/c19-11-9-13-1-3-14(4-2-13)10-12-23-18(22)16-7-5-15(6-8-16)17(20)21/h5-8,13-14,19H,1-4,9-12H2,(H,20,21). The highest BCUT2D eigenvalue weighted by molar-refractivity contribution is 5.92. The number of aromatic carboxylic acids is 1. The number of hydrogen-bond donors (Lipinski definition) is 2. The van der Waals surface area contributed by atoms with E-state index in [1.165, 1.54) is 24.3 Å². The van der Waals surface area contributed by atoms with Crippen LogP contribution in [-0.2, 0) is 4.74 Å². The fourth-order valence-corrected chi connectivity index (χ4v) is 3.14. The van der Waals surface area contributed by atoms with Gasteiger partial charge in [0.1, 0.15) is 0 Å². The van der Waals surface area contributed by atoms with Gasteiger partial charge >= 0.3 is 11.9 Å². The molecular weight excluding hydrogens is 296 g/mol. The Kier molecular flexibility index (Phi) is 6.59. The van der Waals surface area contributed by atoms with Gasteiger partial charge in [-0.15, -0.1) is 0 Å². The number of carbonyl (C=O) groups excluding carboxylic acids is 1. The fraction of sp³-hybridized carbons (Fsp3) is 0.556. The van der Waals surface area contributed by atoms with Gasteiger partial charge in [-0.05, 0) is 48.9 Å². The van der Waals surface area contributed by atoms with E-state index in [1.807, 2.05) is 0 Å². The molecule has 23 heavy (non-hydrogen) atoms. The summed E-state index contributed by atoms with van der Waals surface area (Å²) in [6.07, 6.45) is 6.33. The summed E-state index contributed by atoms with van der Waals surface area (Å²) in [5.74, 6) is -0.184. The molecule has 0 aromatic heterocycles. The third-order valence-electron chi connectivity index (χ3n) is 4.63. The molecule has 5 heteroatoms. The van der Waals surface area contributed by atoms with E-state index in [0.29, 0.717) is 24.0 Å². The highest BCUT2D eigenvalue weighted by Gasteiger charge is 2.21. The van der Waals surface area contributed by atoms with Gasteiger partial charge in [-0.1, -0.05) is 25.7 Å². The number of benzene rings is 1. The van der Waals surface area contributed by atoms with Crippen molar-refractivity contribution in [2.75, 3.05) is 13.2 Å². The minimum atomic E-state index is -1.01. The van der Waals surface area contributed by atoms with Gasteiger partial charge in [-0.2, -0.15) is 0 Å². The predicted octanol–water partition coefficient (Wildman–Crippen LogP) is 3.12. The number of carboxylic acid groups (broad SMARTS) is 1. The van der Waals surface area contributed by atoms with Crippen LogP contribution in [0.4, 0.5) is 0 Å². The Morgan fingerprint density at radius 2 is 1.48 bits per heavy atom. The first-order chi connectivity index (χ1) is 11.1. The summed E-state index contributed by atoms with van der Waals surface area (Å²) >= 11 is 0. The lowest BCUT2D eigenvalue weighted by atomic mass is 9.79. The van der Waals surface area contributed by atoms with Crippen LogP contribution in [0.2, 0.25) is 0 Å². The van der Waals surface area contributed by atoms with Crippen LogP contribution >= 0.6 is 0 Å². The molecule has 1 saturated carbocycles. The zero-order chi connectivity index (χ0) is 16.7. The minimum Gasteiger partial charge on any atom is -0.478 e. The van der Waals surface area contributed by atoms with E-state index in [1.54, 1.807) is 0 Å². The molecule has 1 aromatic rings.